The monoisotopic (exact) mass is 229 g/mol. The minimum atomic E-state index is 0.294. The lowest BCUT2D eigenvalue weighted by Crippen LogP contribution is -2.08. The molecule has 1 heterocycles. The van der Waals surface area contributed by atoms with Crippen LogP contribution >= 0.6 is 0 Å². The summed E-state index contributed by atoms with van der Waals surface area (Å²) in [6, 6.07) is 8.72. The predicted molar refractivity (Wildman–Crippen MR) is 71.6 cm³/mol. The topological polar surface area (TPSA) is 32.3 Å². The van der Waals surface area contributed by atoms with Crippen LogP contribution in [0.25, 0.3) is 5.57 Å². The molecule has 0 fully saturated rings. The van der Waals surface area contributed by atoms with E-state index in [2.05, 4.69) is 41.7 Å². The molecule has 0 aliphatic carbocycles. The molecule has 0 unspecified atom stereocenters. The van der Waals surface area contributed by atoms with Crippen molar-refractivity contribution in [2.45, 2.75) is 19.3 Å². The van der Waals surface area contributed by atoms with E-state index in [-0.39, 0.29) is 0 Å². The van der Waals surface area contributed by atoms with Gasteiger partial charge in [-0.1, -0.05) is 30.3 Å². The largest absolute Gasteiger partial charge is 0.396 e. The second kappa shape index (κ2) is 6.26. The van der Waals surface area contributed by atoms with E-state index in [9.17, 15) is 0 Å². The summed E-state index contributed by atoms with van der Waals surface area (Å²) in [6.07, 6.45) is 9.29. The van der Waals surface area contributed by atoms with Crippen molar-refractivity contribution in [2.75, 3.05) is 13.2 Å². The average molecular weight is 229 g/mol. The minimum Gasteiger partial charge on any atom is -0.396 e. The number of aliphatic hydroxyl groups is 1. The fourth-order valence-electron chi connectivity index (χ4n) is 1.97. The number of unbranched alkanes of at least 4 members (excludes halogenated alkanes) is 1. The molecule has 17 heavy (non-hydrogen) atoms. The number of aliphatic hydroxyl groups excluding tert-OH is 1. The highest BCUT2D eigenvalue weighted by Crippen LogP contribution is 2.18. The van der Waals surface area contributed by atoms with E-state index >= 15 is 0 Å². The van der Waals surface area contributed by atoms with E-state index in [0.29, 0.717) is 6.61 Å². The minimum absolute atomic E-state index is 0.294. The number of nitrogens with one attached hydrogen (secondary N) is 1. The van der Waals surface area contributed by atoms with Crippen molar-refractivity contribution >= 4 is 5.57 Å². The van der Waals surface area contributed by atoms with Crippen LogP contribution in [-0.4, -0.2) is 18.3 Å². The third-order valence-electron chi connectivity index (χ3n) is 2.98. The van der Waals surface area contributed by atoms with Crippen molar-refractivity contribution in [3.63, 3.8) is 0 Å². The first-order chi connectivity index (χ1) is 8.40. The fourth-order valence-corrected chi connectivity index (χ4v) is 1.97. The molecular formula is C15H19NO. The highest BCUT2D eigenvalue weighted by atomic mass is 16.2. The van der Waals surface area contributed by atoms with Gasteiger partial charge in [-0.2, -0.15) is 0 Å². The van der Waals surface area contributed by atoms with Crippen LogP contribution in [-0.2, 0) is 6.42 Å². The van der Waals surface area contributed by atoms with Crippen LogP contribution in [0.1, 0.15) is 24.0 Å². The third kappa shape index (κ3) is 3.46. The molecule has 90 valence electrons. The Balaban J connectivity index is 1.97. The molecule has 2 rings (SSSR count). The Morgan fingerprint density at radius 3 is 2.59 bits per heavy atom. The Kier molecular flexibility index (Phi) is 4.39. The Morgan fingerprint density at radius 1 is 1.12 bits per heavy atom. The lowest BCUT2D eigenvalue weighted by Gasteiger charge is -2.09. The standard InChI is InChI=1S/C15H19NO/c17-12-2-1-3-13-4-6-14(7-5-13)15-8-10-16-11-9-15/h4-10,16-17H,1-3,11-12H2. The van der Waals surface area contributed by atoms with Crippen molar-refractivity contribution in [1.29, 1.82) is 0 Å². The maximum atomic E-state index is 8.74. The summed E-state index contributed by atoms with van der Waals surface area (Å²) in [6.45, 7) is 1.20. The van der Waals surface area contributed by atoms with Crippen molar-refractivity contribution in [3.8, 4) is 0 Å². The number of benzene rings is 1. The summed E-state index contributed by atoms with van der Waals surface area (Å²) >= 11 is 0. The smallest absolute Gasteiger partial charge is 0.0431 e. The van der Waals surface area contributed by atoms with E-state index in [4.69, 9.17) is 5.11 Å². The zero-order chi connectivity index (χ0) is 11.9. The lowest BCUT2D eigenvalue weighted by atomic mass is 10.0. The van der Waals surface area contributed by atoms with Crippen molar-refractivity contribution in [2.24, 2.45) is 0 Å². The van der Waals surface area contributed by atoms with Crippen LogP contribution in [0.5, 0.6) is 0 Å². The zero-order valence-corrected chi connectivity index (χ0v) is 10.0. The summed E-state index contributed by atoms with van der Waals surface area (Å²) in [5.74, 6) is 0. The molecule has 0 amide bonds. The second-order valence-electron chi connectivity index (χ2n) is 4.28. The van der Waals surface area contributed by atoms with Crippen molar-refractivity contribution < 1.29 is 5.11 Å². The van der Waals surface area contributed by atoms with Crippen LogP contribution in [0.2, 0.25) is 0 Å². The van der Waals surface area contributed by atoms with Gasteiger partial charge in [0.15, 0.2) is 0 Å². The van der Waals surface area contributed by atoms with Crippen molar-refractivity contribution in [1.82, 2.24) is 5.32 Å². The molecule has 1 aliphatic heterocycles. The molecule has 2 nitrogen and oxygen atoms in total. The molecule has 2 N–H and O–H groups in total. The van der Waals surface area contributed by atoms with E-state index in [0.717, 1.165) is 25.8 Å². The first-order valence-corrected chi connectivity index (χ1v) is 6.20. The summed E-state index contributed by atoms with van der Waals surface area (Å²) in [5, 5.41) is 11.9. The van der Waals surface area contributed by atoms with E-state index < -0.39 is 0 Å². The fraction of sp³-hybridized carbons (Fsp3) is 0.333. The number of rotatable bonds is 5. The number of hydrogen-bond donors (Lipinski definition) is 2. The van der Waals surface area contributed by atoms with Gasteiger partial charge in [0, 0.05) is 13.2 Å². The maximum absolute atomic E-state index is 8.74. The van der Waals surface area contributed by atoms with Crippen LogP contribution in [0, 0.1) is 0 Å². The van der Waals surface area contributed by atoms with E-state index in [1.807, 2.05) is 6.20 Å². The van der Waals surface area contributed by atoms with Gasteiger partial charge in [0.05, 0.1) is 0 Å². The molecule has 1 aromatic carbocycles. The van der Waals surface area contributed by atoms with E-state index in [1.54, 1.807) is 0 Å². The molecule has 0 bridgehead atoms. The number of allylic oxidation sites excluding steroid dienone is 2. The molecule has 1 aromatic rings. The van der Waals surface area contributed by atoms with Crippen LogP contribution in [0.3, 0.4) is 0 Å². The molecule has 1 aliphatic rings. The molecule has 0 saturated heterocycles. The molecule has 0 aromatic heterocycles. The van der Waals surface area contributed by atoms with Gasteiger partial charge in [-0.25, -0.2) is 0 Å². The van der Waals surface area contributed by atoms with Gasteiger partial charge < -0.3 is 10.4 Å². The predicted octanol–water partition coefficient (Wildman–Crippen LogP) is 2.50. The number of hydrogen-bond acceptors (Lipinski definition) is 2. The molecule has 0 saturated carbocycles. The SMILES string of the molecule is OCCCCc1ccc(C2=CCNC=C2)cc1. The Morgan fingerprint density at radius 2 is 1.94 bits per heavy atom. The first-order valence-electron chi connectivity index (χ1n) is 6.20. The first kappa shape index (κ1) is 11.9. The van der Waals surface area contributed by atoms with Gasteiger partial charge >= 0.3 is 0 Å². The number of dihydropyridines is 1. The molecule has 0 radical (unpaired) electrons. The third-order valence-corrected chi connectivity index (χ3v) is 2.98. The quantitative estimate of drug-likeness (QED) is 0.760. The summed E-state index contributed by atoms with van der Waals surface area (Å²) < 4.78 is 0. The highest BCUT2D eigenvalue weighted by Gasteiger charge is 2.00. The molecule has 0 atom stereocenters. The van der Waals surface area contributed by atoms with Crippen LogP contribution in [0.15, 0.2) is 42.6 Å². The number of aryl methyl sites for hydroxylation is 1. The average Bonchev–Trinajstić information content (AvgIpc) is 2.41. The normalized spacial score (nSPS) is 14.3. The summed E-state index contributed by atoms with van der Waals surface area (Å²) in [7, 11) is 0. The Bertz CT molecular complexity index is 403. The molecular weight excluding hydrogens is 210 g/mol. The van der Waals surface area contributed by atoms with Crippen LogP contribution < -0.4 is 5.32 Å². The van der Waals surface area contributed by atoms with Gasteiger partial charge in [-0.05, 0) is 48.2 Å². The van der Waals surface area contributed by atoms with Gasteiger partial charge in [0.25, 0.3) is 0 Å². The highest BCUT2D eigenvalue weighted by molar-refractivity contribution is 5.74. The zero-order valence-electron chi connectivity index (χ0n) is 10.0. The molecule has 0 spiro atoms. The van der Waals surface area contributed by atoms with E-state index in [1.165, 1.54) is 16.7 Å². The van der Waals surface area contributed by atoms with Gasteiger partial charge in [0.2, 0.25) is 0 Å². The van der Waals surface area contributed by atoms with Gasteiger partial charge in [0.1, 0.15) is 0 Å². The molecule has 2 heteroatoms. The van der Waals surface area contributed by atoms with Gasteiger partial charge in [-0.3, -0.25) is 0 Å². The maximum Gasteiger partial charge on any atom is 0.0431 e. The van der Waals surface area contributed by atoms with Gasteiger partial charge in [-0.15, -0.1) is 0 Å². The second-order valence-corrected chi connectivity index (χ2v) is 4.28. The summed E-state index contributed by atoms with van der Waals surface area (Å²) in [5.41, 5.74) is 3.90. The Labute approximate surface area is 103 Å². The summed E-state index contributed by atoms with van der Waals surface area (Å²) in [4.78, 5) is 0. The Hall–Kier alpha value is -1.54. The van der Waals surface area contributed by atoms with Crippen LogP contribution in [0.4, 0.5) is 0 Å². The lowest BCUT2D eigenvalue weighted by molar-refractivity contribution is 0.284. The van der Waals surface area contributed by atoms with Crippen molar-refractivity contribution in [3.05, 3.63) is 53.7 Å².